The average molecular weight is 407 g/mol. The summed E-state index contributed by atoms with van der Waals surface area (Å²) in [6, 6.07) is 14.9. The lowest BCUT2D eigenvalue weighted by molar-refractivity contribution is -0.129. The fourth-order valence-electron chi connectivity index (χ4n) is 4.10. The van der Waals surface area contributed by atoms with Crippen LogP contribution in [0.2, 0.25) is 0 Å². The molecule has 0 unspecified atom stereocenters. The maximum Gasteiger partial charge on any atom is 0.233 e. The van der Waals surface area contributed by atoms with Crippen molar-refractivity contribution >= 4 is 17.7 Å². The fourth-order valence-corrected chi connectivity index (χ4v) is 4.94. The molecule has 150 valence electrons. The second-order valence-electron chi connectivity index (χ2n) is 7.67. The quantitative estimate of drug-likeness (QED) is 0.585. The van der Waals surface area contributed by atoms with Crippen LogP contribution in [0.15, 0.2) is 53.9 Å². The number of hydrogen-bond acceptors (Lipinski definition) is 4. The zero-order valence-electron chi connectivity index (χ0n) is 17.1. The van der Waals surface area contributed by atoms with E-state index >= 15 is 0 Å². The van der Waals surface area contributed by atoms with Gasteiger partial charge in [0.1, 0.15) is 6.33 Å². The van der Waals surface area contributed by atoms with Gasteiger partial charge < -0.3 is 4.90 Å². The topological polar surface area (TPSA) is 51.0 Å². The molecule has 0 spiro atoms. The maximum atomic E-state index is 13.0. The zero-order chi connectivity index (χ0) is 20.4. The molecule has 1 aromatic heterocycles. The van der Waals surface area contributed by atoms with E-state index in [1.807, 2.05) is 16.5 Å². The Hall–Kier alpha value is -2.60. The van der Waals surface area contributed by atoms with E-state index in [-0.39, 0.29) is 11.9 Å². The molecule has 2 aromatic carbocycles. The number of benzene rings is 2. The minimum absolute atomic E-state index is 0.117. The van der Waals surface area contributed by atoms with Gasteiger partial charge in [-0.2, -0.15) is 0 Å². The molecular formula is C23H26N4OS. The summed E-state index contributed by atoms with van der Waals surface area (Å²) in [6.07, 6.45) is 4.95. The monoisotopic (exact) mass is 406 g/mol. The van der Waals surface area contributed by atoms with Crippen LogP contribution in [0.3, 0.4) is 0 Å². The highest BCUT2D eigenvalue weighted by molar-refractivity contribution is 7.99. The highest BCUT2D eigenvalue weighted by atomic mass is 32.2. The summed E-state index contributed by atoms with van der Waals surface area (Å²) in [5.74, 6) is 0.463. The highest BCUT2D eigenvalue weighted by Crippen LogP contribution is 2.34. The van der Waals surface area contributed by atoms with E-state index in [1.165, 1.54) is 28.5 Å². The first-order valence-corrected chi connectivity index (χ1v) is 11.0. The Kier molecular flexibility index (Phi) is 5.72. The van der Waals surface area contributed by atoms with Gasteiger partial charge in [0.15, 0.2) is 5.16 Å². The van der Waals surface area contributed by atoms with Crippen molar-refractivity contribution in [3.8, 4) is 5.69 Å². The van der Waals surface area contributed by atoms with Crippen LogP contribution in [0.5, 0.6) is 0 Å². The number of carbonyl (C=O) groups excluding carboxylic acids is 1. The second kappa shape index (κ2) is 8.41. The van der Waals surface area contributed by atoms with E-state index in [9.17, 15) is 4.79 Å². The van der Waals surface area contributed by atoms with Crippen molar-refractivity contribution in [2.45, 2.75) is 44.3 Å². The van der Waals surface area contributed by atoms with Gasteiger partial charge in [0, 0.05) is 7.05 Å². The first-order chi connectivity index (χ1) is 14.0. The van der Waals surface area contributed by atoms with Crippen LogP contribution < -0.4 is 0 Å². The van der Waals surface area contributed by atoms with Crippen LogP contribution in [-0.2, 0) is 11.2 Å². The van der Waals surface area contributed by atoms with Crippen LogP contribution in [-0.4, -0.2) is 38.4 Å². The van der Waals surface area contributed by atoms with Gasteiger partial charge in [0.25, 0.3) is 0 Å². The molecule has 0 bridgehead atoms. The lowest BCUT2D eigenvalue weighted by Gasteiger charge is -2.33. The van der Waals surface area contributed by atoms with Gasteiger partial charge in [0.2, 0.25) is 5.91 Å². The SMILES string of the molecule is Cc1ccc(-n2cnnc2SCC(=O)N(C)[C@H]2CCCc3ccccc32)c(C)c1. The molecular weight excluding hydrogens is 380 g/mol. The molecule has 1 heterocycles. The number of hydrogen-bond donors (Lipinski definition) is 0. The number of amides is 1. The van der Waals surface area contributed by atoms with Crippen molar-refractivity contribution in [2.24, 2.45) is 0 Å². The number of aryl methyl sites for hydroxylation is 3. The van der Waals surface area contributed by atoms with Crippen molar-refractivity contribution < 1.29 is 4.79 Å². The van der Waals surface area contributed by atoms with E-state index in [0.29, 0.717) is 5.75 Å². The molecule has 1 aliphatic carbocycles. The Bertz CT molecular complexity index is 1030. The molecule has 0 saturated heterocycles. The maximum absolute atomic E-state index is 13.0. The summed E-state index contributed by atoms with van der Waals surface area (Å²) < 4.78 is 1.96. The third-order valence-corrected chi connectivity index (χ3v) is 6.58. The number of aromatic nitrogens is 3. The van der Waals surface area contributed by atoms with Crippen molar-refractivity contribution in [3.63, 3.8) is 0 Å². The van der Waals surface area contributed by atoms with Crippen molar-refractivity contribution in [3.05, 3.63) is 71.0 Å². The molecule has 1 atom stereocenters. The Morgan fingerprint density at radius 1 is 1.24 bits per heavy atom. The van der Waals surface area contributed by atoms with Gasteiger partial charge in [-0.05, 0) is 55.9 Å². The van der Waals surface area contributed by atoms with E-state index in [2.05, 4.69) is 66.5 Å². The van der Waals surface area contributed by atoms with Crippen molar-refractivity contribution in [1.29, 1.82) is 0 Å². The summed E-state index contributed by atoms with van der Waals surface area (Å²) in [6.45, 7) is 4.16. The van der Waals surface area contributed by atoms with Gasteiger partial charge in [-0.1, -0.05) is 53.7 Å². The number of thioether (sulfide) groups is 1. The summed E-state index contributed by atoms with van der Waals surface area (Å²) >= 11 is 1.44. The van der Waals surface area contributed by atoms with Crippen molar-refractivity contribution in [1.82, 2.24) is 19.7 Å². The molecule has 0 fully saturated rings. The highest BCUT2D eigenvalue weighted by Gasteiger charge is 2.26. The zero-order valence-corrected chi connectivity index (χ0v) is 17.9. The van der Waals surface area contributed by atoms with E-state index < -0.39 is 0 Å². The predicted molar refractivity (Wildman–Crippen MR) is 116 cm³/mol. The molecule has 0 radical (unpaired) electrons. The molecule has 5 nitrogen and oxygen atoms in total. The van der Waals surface area contributed by atoms with Gasteiger partial charge in [0.05, 0.1) is 17.5 Å². The molecule has 0 N–H and O–H groups in total. The van der Waals surface area contributed by atoms with E-state index in [1.54, 1.807) is 6.33 Å². The first kappa shape index (κ1) is 19.7. The molecule has 29 heavy (non-hydrogen) atoms. The van der Waals surface area contributed by atoms with Crippen molar-refractivity contribution in [2.75, 3.05) is 12.8 Å². The van der Waals surface area contributed by atoms with Crippen LogP contribution in [0, 0.1) is 13.8 Å². The number of rotatable bonds is 5. The Balaban J connectivity index is 1.47. The minimum atomic E-state index is 0.117. The standard InChI is InChI=1S/C23H26N4OS/c1-16-11-12-20(17(2)13-16)27-15-24-25-23(27)29-14-22(28)26(3)21-10-6-8-18-7-4-5-9-19(18)21/h4-5,7,9,11-13,15,21H,6,8,10,14H2,1-3H3/t21-/m0/s1. The normalized spacial score (nSPS) is 15.8. The van der Waals surface area contributed by atoms with Gasteiger partial charge >= 0.3 is 0 Å². The summed E-state index contributed by atoms with van der Waals surface area (Å²) in [4.78, 5) is 14.9. The Morgan fingerprint density at radius 2 is 2.07 bits per heavy atom. The van der Waals surface area contributed by atoms with E-state index in [0.717, 1.165) is 35.7 Å². The molecule has 6 heteroatoms. The minimum Gasteiger partial charge on any atom is -0.338 e. The summed E-state index contributed by atoms with van der Waals surface area (Å²) in [5.41, 5.74) is 6.08. The van der Waals surface area contributed by atoms with Crippen LogP contribution in [0.4, 0.5) is 0 Å². The van der Waals surface area contributed by atoms with E-state index in [4.69, 9.17) is 0 Å². The average Bonchev–Trinajstić information content (AvgIpc) is 3.19. The third-order valence-electron chi connectivity index (χ3n) is 5.65. The molecule has 3 aromatic rings. The van der Waals surface area contributed by atoms with Crippen LogP contribution in [0.25, 0.3) is 5.69 Å². The number of carbonyl (C=O) groups is 1. The third kappa shape index (κ3) is 4.08. The predicted octanol–water partition coefficient (Wildman–Crippen LogP) is 4.51. The molecule has 4 rings (SSSR count). The Morgan fingerprint density at radius 3 is 2.90 bits per heavy atom. The van der Waals surface area contributed by atoms with Crippen LogP contribution >= 0.6 is 11.8 Å². The first-order valence-electron chi connectivity index (χ1n) is 9.98. The lowest BCUT2D eigenvalue weighted by atomic mass is 9.87. The molecule has 1 aliphatic rings. The lowest BCUT2D eigenvalue weighted by Crippen LogP contribution is -2.34. The van der Waals surface area contributed by atoms with Crippen LogP contribution in [0.1, 0.15) is 41.1 Å². The Labute approximate surface area is 176 Å². The fraction of sp³-hybridized carbons (Fsp3) is 0.348. The number of nitrogens with zero attached hydrogens (tertiary/aromatic N) is 4. The van der Waals surface area contributed by atoms with Gasteiger partial charge in [-0.15, -0.1) is 10.2 Å². The van der Waals surface area contributed by atoms with Gasteiger partial charge in [-0.25, -0.2) is 0 Å². The summed E-state index contributed by atoms with van der Waals surface area (Å²) in [7, 11) is 1.92. The molecule has 0 saturated carbocycles. The smallest absolute Gasteiger partial charge is 0.233 e. The molecule has 0 aliphatic heterocycles. The largest absolute Gasteiger partial charge is 0.338 e. The number of fused-ring (bicyclic) bond motifs is 1. The second-order valence-corrected chi connectivity index (χ2v) is 8.62. The molecule has 1 amide bonds. The van der Waals surface area contributed by atoms with Gasteiger partial charge in [-0.3, -0.25) is 9.36 Å². The summed E-state index contributed by atoms with van der Waals surface area (Å²) in [5, 5.41) is 9.05.